The molecule has 0 N–H and O–H groups in total. The van der Waals surface area contributed by atoms with Gasteiger partial charge in [-0.15, -0.1) is 5.10 Å². The molecule has 3 aromatic rings. The SMILES string of the molecule is CCCn1c(-n2nc(C3CC3)nc2C)nc2ccccc21. The van der Waals surface area contributed by atoms with Crippen LogP contribution in [0.3, 0.4) is 0 Å². The van der Waals surface area contributed by atoms with Crippen LogP contribution in [0.2, 0.25) is 0 Å². The third-order valence-corrected chi connectivity index (χ3v) is 4.00. The Morgan fingerprint density at radius 2 is 2.00 bits per heavy atom. The minimum absolute atomic E-state index is 0.564. The smallest absolute Gasteiger partial charge is 0.233 e. The minimum atomic E-state index is 0.564. The molecule has 108 valence electrons. The molecule has 1 fully saturated rings. The molecule has 0 saturated heterocycles. The summed E-state index contributed by atoms with van der Waals surface area (Å²) in [6.07, 6.45) is 3.50. The highest BCUT2D eigenvalue weighted by atomic mass is 15.4. The summed E-state index contributed by atoms with van der Waals surface area (Å²) in [7, 11) is 0. The molecule has 2 aromatic heterocycles. The number of fused-ring (bicyclic) bond motifs is 1. The van der Waals surface area contributed by atoms with E-state index in [0.717, 1.165) is 41.6 Å². The topological polar surface area (TPSA) is 48.5 Å². The van der Waals surface area contributed by atoms with Gasteiger partial charge in [-0.1, -0.05) is 19.1 Å². The van der Waals surface area contributed by atoms with Crippen LogP contribution in [0.1, 0.15) is 43.8 Å². The quantitative estimate of drug-likeness (QED) is 0.737. The Labute approximate surface area is 123 Å². The normalized spacial score (nSPS) is 15.0. The summed E-state index contributed by atoms with van der Waals surface area (Å²) in [6.45, 7) is 5.13. The Kier molecular flexibility index (Phi) is 2.80. The van der Waals surface area contributed by atoms with Crippen molar-refractivity contribution in [2.24, 2.45) is 0 Å². The van der Waals surface area contributed by atoms with Gasteiger partial charge in [-0.25, -0.2) is 9.97 Å². The standard InChI is InChI=1S/C16H19N5/c1-3-10-20-14-7-5-4-6-13(14)18-16(20)21-11(2)17-15(19-21)12-8-9-12/h4-7,12H,3,8-10H2,1-2H3. The van der Waals surface area contributed by atoms with Crippen LogP contribution in [0.25, 0.3) is 17.0 Å². The van der Waals surface area contributed by atoms with Gasteiger partial charge in [0.05, 0.1) is 11.0 Å². The molecule has 0 spiro atoms. The number of benzene rings is 1. The fraction of sp³-hybridized carbons (Fsp3) is 0.438. The molecule has 5 heteroatoms. The highest BCUT2D eigenvalue weighted by Crippen LogP contribution is 2.38. The van der Waals surface area contributed by atoms with Gasteiger partial charge in [0.2, 0.25) is 5.95 Å². The van der Waals surface area contributed by atoms with Crippen LogP contribution in [0, 0.1) is 6.92 Å². The van der Waals surface area contributed by atoms with Gasteiger partial charge in [0.25, 0.3) is 0 Å². The second-order valence-corrected chi connectivity index (χ2v) is 5.76. The molecular weight excluding hydrogens is 262 g/mol. The maximum Gasteiger partial charge on any atom is 0.233 e. The lowest BCUT2D eigenvalue weighted by molar-refractivity contribution is 0.641. The predicted molar refractivity (Wildman–Crippen MR) is 81.7 cm³/mol. The molecule has 5 nitrogen and oxygen atoms in total. The predicted octanol–water partition coefficient (Wildman–Crippen LogP) is 3.21. The van der Waals surface area contributed by atoms with Gasteiger partial charge in [-0.05, 0) is 38.3 Å². The van der Waals surface area contributed by atoms with Crippen molar-refractivity contribution in [3.8, 4) is 5.95 Å². The van der Waals surface area contributed by atoms with Crippen molar-refractivity contribution in [1.29, 1.82) is 0 Å². The zero-order chi connectivity index (χ0) is 14.4. The molecular formula is C16H19N5. The van der Waals surface area contributed by atoms with Crippen molar-refractivity contribution < 1.29 is 0 Å². The largest absolute Gasteiger partial charge is 0.308 e. The van der Waals surface area contributed by atoms with Gasteiger partial charge < -0.3 is 4.57 Å². The first-order valence-corrected chi connectivity index (χ1v) is 7.67. The van der Waals surface area contributed by atoms with Gasteiger partial charge in [0.1, 0.15) is 5.82 Å². The van der Waals surface area contributed by atoms with Crippen LogP contribution in [-0.2, 0) is 6.54 Å². The van der Waals surface area contributed by atoms with Gasteiger partial charge >= 0.3 is 0 Å². The molecule has 1 aliphatic carbocycles. The van der Waals surface area contributed by atoms with E-state index in [0.29, 0.717) is 5.92 Å². The van der Waals surface area contributed by atoms with E-state index >= 15 is 0 Å². The molecule has 0 atom stereocenters. The molecule has 21 heavy (non-hydrogen) atoms. The summed E-state index contributed by atoms with van der Waals surface area (Å²) < 4.78 is 4.15. The number of para-hydroxylation sites is 2. The summed E-state index contributed by atoms with van der Waals surface area (Å²) in [5, 5.41) is 4.70. The molecule has 1 aromatic carbocycles. The average Bonchev–Trinajstić information content (AvgIpc) is 3.18. The van der Waals surface area contributed by atoms with Gasteiger partial charge in [0.15, 0.2) is 5.82 Å². The van der Waals surface area contributed by atoms with E-state index in [1.54, 1.807) is 0 Å². The Morgan fingerprint density at radius 3 is 2.76 bits per heavy atom. The van der Waals surface area contributed by atoms with Crippen molar-refractivity contribution in [3.63, 3.8) is 0 Å². The number of aromatic nitrogens is 5. The number of rotatable bonds is 4. The van der Waals surface area contributed by atoms with Crippen molar-refractivity contribution in [2.75, 3.05) is 0 Å². The maximum atomic E-state index is 4.78. The number of aryl methyl sites for hydroxylation is 2. The van der Waals surface area contributed by atoms with Gasteiger partial charge in [0, 0.05) is 12.5 Å². The Hall–Kier alpha value is -2.17. The van der Waals surface area contributed by atoms with E-state index in [-0.39, 0.29) is 0 Å². The van der Waals surface area contributed by atoms with E-state index in [1.807, 2.05) is 17.7 Å². The first-order chi connectivity index (χ1) is 10.3. The average molecular weight is 281 g/mol. The van der Waals surface area contributed by atoms with E-state index in [4.69, 9.17) is 10.1 Å². The van der Waals surface area contributed by atoms with Gasteiger partial charge in [-0.2, -0.15) is 4.68 Å². The van der Waals surface area contributed by atoms with E-state index in [1.165, 1.54) is 12.8 Å². The Morgan fingerprint density at radius 1 is 1.19 bits per heavy atom. The van der Waals surface area contributed by atoms with E-state index in [2.05, 4.69) is 34.7 Å². The second kappa shape index (κ2) is 4.69. The second-order valence-electron chi connectivity index (χ2n) is 5.76. The van der Waals surface area contributed by atoms with E-state index in [9.17, 15) is 0 Å². The fourth-order valence-corrected chi connectivity index (χ4v) is 2.78. The molecule has 0 radical (unpaired) electrons. The van der Waals surface area contributed by atoms with Gasteiger partial charge in [-0.3, -0.25) is 0 Å². The highest BCUT2D eigenvalue weighted by Gasteiger charge is 2.29. The first-order valence-electron chi connectivity index (χ1n) is 7.67. The molecule has 0 amide bonds. The van der Waals surface area contributed by atoms with Crippen LogP contribution in [0.4, 0.5) is 0 Å². The molecule has 4 rings (SSSR count). The van der Waals surface area contributed by atoms with Crippen LogP contribution in [-0.4, -0.2) is 24.3 Å². The lowest BCUT2D eigenvalue weighted by atomic mass is 10.3. The summed E-state index contributed by atoms with van der Waals surface area (Å²) in [5.74, 6) is 3.34. The first kappa shape index (κ1) is 12.6. The summed E-state index contributed by atoms with van der Waals surface area (Å²) in [4.78, 5) is 9.40. The zero-order valence-corrected chi connectivity index (χ0v) is 12.5. The fourth-order valence-electron chi connectivity index (χ4n) is 2.78. The Bertz CT molecular complexity index is 794. The maximum absolute atomic E-state index is 4.78. The summed E-state index contributed by atoms with van der Waals surface area (Å²) in [5.41, 5.74) is 2.18. The summed E-state index contributed by atoms with van der Waals surface area (Å²) >= 11 is 0. The zero-order valence-electron chi connectivity index (χ0n) is 12.5. The van der Waals surface area contributed by atoms with Crippen molar-refractivity contribution >= 4 is 11.0 Å². The molecule has 0 unspecified atom stereocenters. The third-order valence-electron chi connectivity index (χ3n) is 4.00. The molecule has 0 aliphatic heterocycles. The van der Waals surface area contributed by atoms with E-state index < -0.39 is 0 Å². The Balaban J connectivity index is 1.90. The van der Waals surface area contributed by atoms with Crippen molar-refractivity contribution in [1.82, 2.24) is 24.3 Å². The molecule has 1 saturated carbocycles. The van der Waals surface area contributed by atoms with Crippen LogP contribution in [0.15, 0.2) is 24.3 Å². The number of hydrogen-bond acceptors (Lipinski definition) is 3. The van der Waals surface area contributed by atoms with Crippen molar-refractivity contribution in [3.05, 3.63) is 35.9 Å². The third kappa shape index (κ3) is 2.04. The highest BCUT2D eigenvalue weighted by molar-refractivity contribution is 5.77. The molecule has 2 heterocycles. The minimum Gasteiger partial charge on any atom is -0.308 e. The van der Waals surface area contributed by atoms with Crippen molar-refractivity contribution in [2.45, 2.75) is 45.6 Å². The van der Waals surface area contributed by atoms with Crippen LogP contribution >= 0.6 is 0 Å². The number of nitrogens with zero attached hydrogens (tertiary/aromatic N) is 5. The monoisotopic (exact) mass is 281 g/mol. The lowest BCUT2D eigenvalue weighted by Crippen LogP contribution is -2.09. The molecule has 1 aliphatic rings. The lowest BCUT2D eigenvalue weighted by Gasteiger charge is -2.07. The summed E-state index contributed by atoms with van der Waals surface area (Å²) in [6, 6.07) is 8.26. The van der Waals surface area contributed by atoms with Crippen LogP contribution < -0.4 is 0 Å². The molecule has 0 bridgehead atoms. The number of imidazole rings is 1. The number of hydrogen-bond donors (Lipinski definition) is 0. The van der Waals surface area contributed by atoms with Crippen LogP contribution in [0.5, 0.6) is 0 Å².